The number of ether oxygens (including phenoxy) is 1. The number of aromatic nitrogens is 2. The summed E-state index contributed by atoms with van der Waals surface area (Å²) in [5.41, 5.74) is -2.50. The second kappa shape index (κ2) is 8.09. The van der Waals surface area contributed by atoms with Crippen LogP contribution in [0.3, 0.4) is 0 Å². The summed E-state index contributed by atoms with van der Waals surface area (Å²) in [7, 11) is 1.45. The molecule has 0 bridgehead atoms. The van der Waals surface area contributed by atoms with E-state index in [-0.39, 0.29) is 42.9 Å². The number of carbonyl (C=O) groups is 3. The van der Waals surface area contributed by atoms with Crippen molar-refractivity contribution in [2.45, 2.75) is 37.4 Å². The van der Waals surface area contributed by atoms with Gasteiger partial charge in [0.2, 0.25) is 5.91 Å². The number of hydrogen-bond donors (Lipinski definition) is 2. The lowest BCUT2D eigenvalue weighted by Crippen LogP contribution is -2.45. The molecule has 4 rings (SSSR count). The minimum atomic E-state index is -4.74. The Morgan fingerprint density at radius 3 is 2.45 bits per heavy atom. The molecule has 9 nitrogen and oxygen atoms in total. The maximum absolute atomic E-state index is 13.6. The van der Waals surface area contributed by atoms with Crippen molar-refractivity contribution >= 4 is 17.8 Å². The summed E-state index contributed by atoms with van der Waals surface area (Å²) in [6, 6.07) is 6.07. The Kier molecular flexibility index (Phi) is 5.54. The third-order valence-electron chi connectivity index (χ3n) is 5.84. The third-order valence-corrected chi connectivity index (χ3v) is 5.84. The lowest BCUT2D eigenvalue weighted by molar-refractivity contribution is -0.143. The lowest BCUT2D eigenvalue weighted by atomic mass is 10.0. The van der Waals surface area contributed by atoms with E-state index < -0.39 is 35.2 Å². The van der Waals surface area contributed by atoms with Gasteiger partial charge in [0.15, 0.2) is 5.69 Å². The molecule has 0 atom stereocenters. The van der Waals surface area contributed by atoms with Crippen molar-refractivity contribution in [2.24, 2.45) is 0 Å². The topological polar surface area (TPSA) is 114 Å². The maximum Gasteiger partial charge on any atom is 0.435 e. The highest BCUT2D eigenvalue weighted by atomic mass is 19.4. The van der Waals surface area contributed by atoms with Gasteiger partial charge >= 0.3 is 12.1 Å². The van der Waals surface area contributed by atoms with Crippen LogP contribution in [0.4, 0.5) is 13.2 Å². The molecule has 12 heteroatoms. The number of fused-ring (bicyclic) bond motifs is 1. The average molecular weight is 466 g/mol. The van der Waals surface area contributed by atoms with Crippen LogP contribution in [0, 0.1) is 0 Å². The molecule has 0 spiro atoms. The van der Waals surface area contributed by atoms with Gasteiger partial charge in [-0.25, -0.2) is 9.48 Å². The number of methoxy groups -OCH3 is 1. The van der Waals surface area contributed by atoms with Crippen LogP contribution in [-0.4, -0.2) is 63.3 Å². The molecule has 1 saturated carbocycles. The summed E-state index contributed by atoms with van der Waals surface area (Å²) >= 11 is 0. The number of aliphatic carboxylic acids is 1. The predicted molar refractivity (Wildman–Crippen MR) is 107 cm³/mol. The van der Waals surface area contributed by atoms with Crippen LogP contribution in [0.2, 0.25) is 0 Å². The number of carbonyl (C=O) groups excluding carboxylic acids is 2. The van der Waals surface area contributed by atoms with Crippen molar-refractivity contribution in [3.63, 3.8) is 0 Å². The smallest absolute Gasteiger partial charge is 0.435 e. The third kappa shape index (κ3) is 4.24. The summed E-state index contributed by atoms with van der Waals surface area (Å²) in [6.45, 7) is -0.0739. The summed E-state index contributed by atoms with van der Waals surface area (Å²) < 4.78 is 46.9. The van der Waals surface area contributed by atoms with Crippen LogP contribution >= 0.6 is 0 Å². The number of benzene rings is 1. The van der Waals surface area contributed by atoms with Crippen molar-refractivity contribution in [1.82, 2.24) is 20.0 Å². The van der Waals surface area contributed by atoms with Crippen LogP contribution in [0.1, 0.15) is 41.0 Å². The van der Waals surface area contributed by atoms with Crippen molar-refractivity contribution in [3.05, 3.63) is 41.2 Å². The fraction of sp³-hybridized carbons (Fsp3) is 0.429. The normalized spacial score (nSPS) is 16.8. The van der Waals surface area contributed by atoms with Crippen LogP contribution in [-0.2, 0) is 22.2 Å². The zero-order chi connectivity index (χ0) is 24.0. The fourth-order valence-corrected chi connectivity index (χ4v) is 3.84. The standard InChI is InChI=1S/C21H21F3N4O5/c1-33-13-4-2-12(3-5-13)28-16-14(17(26-28)21(22,23)24)6-10-27(18(16)30)11-7-15(29)25-20(8-9-20)19(31)32/h2-5H,6-11H2,1H3,(H,25,29)(H,31,32). The van der Waals surface area contributed by atoms with Crippen LogP contribution in [0.15, 0.2) is 24.3 Å². The van der Waals surface area contributed by atoms with Crippen LogP contribution in [0.25, 0.3) is 5.69 Å². The van der Waals surface area contributed by atoms with Gasteiger partial charge in [-0.2, -0.15) is 18.3 Å². The SMILES string of the molecule is COc1ccc(-n2nc(C(F)(F)F)c3c2C(=O)N(CCC(=O)NC2(C(=O)O)CC2)CC3)cc1. The molecule has 2 heterocycles. The zero-order valence-electron chi connectivity index (χ0n) is 17.6. The lowest BCUT2D eigenvalue weighted by Gasteiger charge is -2.28. The Hall–Kier alpha value is -3.57. The predicted octanol–water partition coefficient (Wildman–Crippen LogP) is 2.02. The maximum atomic E-state index is 13.6. The number of alkyl halides is 3. The van der Waals surface area contributed by atoms with E-state index in [4.69, 9.17) is 4.74 Å². The van der Waals surface area contributed by atoms with Gasteiger partial charge in [-0.05, 0) is 43.5 Å². The van der Waals surface area contributed by atoms with Gasteiger partial charge in [0.05, 0.1) is 12.8 Å². The Bertz CT molecular complexity index is 1110. The number of carboxylic acids is 1. The molecule has 1 aromatic heterocycles. The zero-order valence-corrected chi connectivity index (χ0v) is 17.6. The number of nitrogens with zero attached hydrogens (tertiary/aromatic N) is 3. The minimum absolute atomic E-state index is 0.0133. The molecule has 0 radical (unpaired) electrons. The number of carboxylic acid groups (broad SMARTS) is 1. The molecule has 2 N–H and O–H groups in total. The van der Waals surface area contributed by atoms with Gasteiger partial charge in [-0.1, -0.05) is 0 Å². The Labute approximate surface area is 186 Å². The van der Waals surface area contributed by atoms with Gasteiger partial charge < -0.3 is 20.1 Å². The van der Waals surface area contributed by atoms with E-state index in [9.17, 15) is 32.7 Å². The van der Waals surface area contributed by atoms with E-state index in [1.165, 1.54) is 24.1 Å². The molecular formula is C21H21F3N4O5. The Morgan fingerprint density at radius 1 is 1.24 bits per heavy atom. The van der Waals surface area contributed by atoms with E-state index in [0.29, 0.717) is 18.6 Å². The first-order valence-electron chi connectivity index (χ1n) is 10.2. The van der Waals surface area contributed by atoms with E-state index in [0.717, 1.165) is 4.68 Å². The quantitative estimate of drug-likeness (QED) is 0.646. The number of rotatable bonds is 7. The van der Waals surface area contributed by atoms with Crippen LogP contribution < -0.4 is 10.1 Å². The Balaban J connectivity index is 1.57. The van der Waals surface area contributed by atoms with Gasteiger partial charge in [0, 0.05) is 25.1 Å². The first kappa shape index (κ1) is 22.6. The van der Waals surface area contributed by atoms with Crippen LogP contribution in [0.5, 0.6) is 5.75 Å². The summed E-state index contributed by atoms with van der Waals surface area (Å²) in [6.07, 6.45) is -4.31. The number of hydrogen-bond acceptors (Lipinski definition) is 5. The van der Waals surface area contributed by atoms with Gasteiger partial charge in [0.25, 0.3) is 5.91 Å². The molecular weight excluding hydrogens is 445 g/mol. The monoisotopic (exact) mass is 466 g/mol. The van der Waals surface area contributed by atoms with Gasteiger partial charge in [-0.15, -0.1) is 0 Å². The average Bonchev–Trinajstić information content (AvgIpc) is 3.43. The molecule has 1 aliphatic carbocycles. The fourth-order valence-electron chi connectivity index (χ4n) is 3.84. The minimum Gasteiger partial charge on any atom is -0.497 e. The molecule has 2 aromatic rings. The van der Waals surface area contributed by atoms with E-state index in [2.05, 4.69) is 10.4 Å². The molecule has 1 aromatic carbocycles. The van der Waals surface area contributed by atoms with Crippen molar-refractivity contribution in [3.8, 4) is 11.4 Å². The molecule has 0 saturated heterocycles. The van der Waals surface area contributed by atoms with Crippen molar-refractivity contribution in [1.29, 1.82) is 0 Å². The molecule has 2 aliphatic rings. The van der Waals surface area contributed by atoms with E-state index in [1.54, 1.807) is 12.1 Å². The molecule has 0 unspecified atom stereocenters. The number of halogens is 3. The highest BCUT2D eigenvalue weighted by molar-refractivity contribution is 5.96. The van der Waals surface area contributed by atoms with Crippen molar-refractivity contribution in [2.75, 3.05) is 20.2 Å². The summed E-state index contributed by atoms with van der Waals surface area (Å²) in [5.74, 6) is -1.84. The van der Waals surface area contributed by atoms with Gasteiger partial charge in [0.1, 0.15) is 17.0 Å². The highest BCUT2D eigenvalue weighted by Crippen LogP contribution is 2.37. The van der Waals surface area contributed by atoms with E-state index >= 15 is 0 Å². The number of nitrogens with one attached hydrogen (secondary N) is 1. The molecule has 1 fully saturated rings. The number of amides is 2. The van der Waals surface area contributed by atoms with E-state index in [1.807, 2.05) is 0 Å². The summed E-state index contributed by atoms with van der Waals surface area (Å²) in [4.78, 5) is 37.8. The van der Waals surface area contributed by atoms with Crippen molar-refractivity contribution < 1.29 is 37.4 Å². The highest BCUT2D eigenvalue weighted by Gasteiger charge is 2.51. The first-order chi connectivity index (χ1) is 15.6. The molecule has 33 heavy (non-hydrogen) atoms. The molecule has 176 valence electrons. The Morgan fingerprint density at radius 2 is 1.91 bits per heavy atom. The van der Waals surface area contributed by atoms with Gasteiger partial charge in [-0.3, -0.25) is 9.59 Å². The largest absolute Gasteiger partial charge is 0.497 e. The molecule has 2 amide bonds. The second-order valence-electron chi connectivity index (χ2n) is 8.01. The second-order valence-corrected chi connectivity index (χ2v) is 8.01. The summed E-state index contributed by atoms with van der Waals surface area (Å²) in [5, 5.41) is 15.3. The molecule has 1 aliphatic heterocycles. The first-order valence-corrected chi connectivity index (χ1v) is 10.2.